The third-order valence-electron chi connectivity index (χ3n) is 5.96. The lowest BCUT2D eigenvalue weighted by Gasteiger charge is -2.36. The van der Waals surface area contributed by atoms with Crippen LogP contribution in [0.15, 0.2) is 47.4 Å². The van der Waals surface area contributed by atoms with E-state index in [1.54, 1.807) is 19.2 Å². The molecule has 160 valence electrons. The maximum atomic E-state index is 13.9. The van der Waals surface area contributed by atoms with Crippen LogP contribution < -0.4 is 5.73 Å². The molecule has 1 atom stereocenters. The zero-order valence-corrected chi connectivity index (χ0v) is 17.6. The lowest BCUT2D eigenvalue weighted by atomic mass is 9.80. The van der Waals surface area contributed by atoms with Crippen LogP contribution in [0.1, 0.15) is 36.8 Å². The lowest BCUT2D eigenvalue weighted by Crippen LogP contribution is -2.42. The molecule has 0 bridgehead atoms. The van der Waals surface area contributed by atoms with Gasteiger partial charge >= 0.3 is 0 Å². The largest absolute Gasteiger partial charge is 0.327 e. The number of benzene rings is 2. The van der Waals surface area contributed by atoms with Gasteiger partial charge in [-0.2, -0.15) is 9.57 Å². The Balaban J connectivity index is 1.63. The number of nitrogens with two attached hydrogens (primary N) is 1. The predicted molar refractivity (Wildman–Crippen MR) is 110 cm³/mol. The van der Waals surface area contributed by atoms with Crippen LogP contribution in [0, 0.1) is 28.9 Å². The van der Waals surface area contributed by atoms with Crippen molar-refractivity contribution >= 4 is 10.0 Å². The number of hydrogen-bond donors (Lipinski definition) is 1. The zero-order valence-electron chi connectivity index (χ0n) is 16.8. The van der Waals surface area contributed by atoms with Gasteiger partial charge in [-0.3, -0.25) is 0 Å². The molecule has 0 unspecified atom stereocenters. The third-order valence-corrected chi connectivity index (χ3v) is 7.87. The summed E-state index contributed by atoms with van der Waals surface area (Å²) in [6, 6.07) is 10.8. The van der Waals surface area contributed by atoms with E-state index >= 15 is 0 Å². The summed E-state index contributed by atoms with van der Waals surface area (Å²) in [5, 5.41) is 9.02. The minimum atomic E-state index is -3.71. The van der Waals surface area contributed by atoms with Crippen molar-refractivity contribution in [3.63, 3.8) is 0 Å². The predicted octanol–water partition coefficient (Wildman–Crippen LogP) is 3.59. The summed E-state index contributed by atoms with van der Waals surface area (Å²) >= 11 is 0. The van der Waals surface area contributed by atoms with Gasteiger partial charge in [0, 0.05) is 19.1 Å². The molecule has 1 saturated carbocycles. The third kappa shape index (κ3) is 4.86. The maximum Gasteiger partial charge on any atom is 0.243 e. The SMILES string of the molecule is CN(C1CCC([C@H](N)Cc2cc(F)ccc2F)CC1)S(=O)(=O)c1cccc(C#N)c1. The van der Waals surface area contributed by atoms with Crippen molar-refractivity contribution in [2.75, 3.05) is 7.05 Å². The fourth-order valence-electron chi connectivity index (χ4n) is 4.10. The molecule has 0 amide bonds. The molecule has 8 heteroatoms. The highest BCUT2D eigenvalue weighted by Gasteiger charge is 2.33. The molecule has 1 aliphatic carbocycles. The molecular formula is C22H25F2N3O2S. The molecule has 0 heterocycles. The molecule has 0 aliphatic heterocycles. The Hall–Kier alpha value is -2.34. The quantitative estimate of drug-likeness (QED) is 0.754. The molecule has 5 nitrogen and oxygen atoms in total. The van der Waals surface area contributed by atoms with E-state index in [0.29, 0.717) is 31.2 Å². The summed E-state index contributed by atoms with van der Waals surface area (Å²) in [4.78, 5) is 0.101. The summed E-state index contributed by atoms with van der Waals surface area (Å²) in [6.45, 7) is 0. The van der Waals surface area contributed by atoms with Crippen LogP contribution in [0.4, 0.5) is 8.78 Å². The van der Waals surface area contributed by atoms with Gasteiger partial charge in [-0.05, 0) is 80.0 Å². The molecule has 0 spiro atoms. The van der Waals surface area contributed by atoms with Crippen molar-refractivity contribution in [3.05, 3.63) is 65.2 Å². The number of hydrogen-bond acceptors (Lipinski definition) is 4. The molecule has 1 aliphatic rings. The van der Waals surface area contributed by atoms with Gasteiger partial charge in [0.05, 0.1) is 16.5 Å². The average molecular weight is 434 g/mol. The van der Waals surface area contributed by atoms with Crippen LogP contribution in [0.5, 0.6) is 0 Å². The number of nitriles is 1. The van der Waals surface area contributed by atoms with Gasteiger partial charge in [-0.1, -0.05) is 6.07 Å². The lowest BCUT2D eigenvalue weighted by molar-refractivity contribution is 0.214. The first-order valence-corrected chi connectivity index (χ1v) is 11.3. The van der Waals surface area contributed by atoms with Gasteiger partial charge in [0.2, 0.25) is 10.0 Å². The Kier molecular flexibility index (Phi) is 6.86. The Morgan fingerprint density at radius 2 is 1.87 bits per heavy atom. The van der Waals surface area contributed by atoms with Crippen LogP contribution in [0.25, 0.3) is 0 Å². The van der Waals surface area contributed by atoms with Gasteiger partial charge in [0.15, 0.2) is 0 Å². The van der Waals surface area contributed by atoms with Gasteiger partial charge in [0.1, 0.15) is 11.6 Å². The van der Waals surface area contributed by atoms with Gasteiger partial charge in [-0.25, -0.2) is 17.2 Å². The molecule has 0 radical (unpaired) electrons. The van der Waals surface area contributed by atoms with E-state index in [4.69, 9.17) is 11.0 Å². The van der Waals surface area contributed by atoms with Crippen molar-refractivity contribution in [1.29, 1.82) is 5.26 Å². The van der Waals surface area contributed by atoms with Gasteiger partial charge < -0.3 is 5.73 Å². The van der Waals surface area contributed by atoms with Gasteiger partial charge in [0.25, 0.3) is 0 Å². The number of nitrogens with zero attached hydrogens (tertiary/aromatic N) is 2. The molecule has 1 fully saturated rings. The zero-order chi connectivity index (χ0) is 21.9. The highest BCUT2D eigenvalue weighted by Crippen LogP contribution is 2.32. The van der Waals surface area contributed by atoms with Crippen LogP contribution in [0.3, 0.4) is 0 Å². The Morgan fingerprint density at radius 3 is 2.53 bits per heavy atom. The Bertz CT molecular complexity index is 1040. The van der Waals surface area contributed by atoms with E-state index in [9.17, 15) is 17.2 Å². The van der Waals surface area contributed by atoms with Crippen LogP contribution in [-0.2, 0) is 16.4 Å². The summed E-state index contributed by atoms with van der Waals surface area (Å²) in [5.41, 5.74) is 6.84. The monoisotopic (exact) mass is 433 g/mol. The summed E-state index contributed by atoms with van der Waals surface area (Å²) in [6.07, 6.45) is 2.94. The fraction of sp³-hybridized carbons (Fsp3) is 0.409. The second-order valence-corrected chi connectivity index (χ2v) is 9.83. The standard InChI is InChI=1S/C22H25F2N3O2S/c1-27(30(28,29)20-4-2-3-15(11-20)14-25)19-8-5-16(6-9-19)22(26)13-17-12-18(23)7-10-21(17)24/h2-4,7,10-12,16,19,22H,5-6,8-9,13,26H2,1H3/t16?,19?,22-/m1/s1. The smallest absolute Gasteiger partial charge is 0.243 e. The molecule has 0 saturated heterocycles. The molecule has 2 N–H and O–H groups in total. The molecule has 2 aromatic carbocycles. The summed E-state index contributed by atoms with van der Waals surface area (Å²) in [7, 11) is -2.15. The van der Waals surface area contributed by atoms with E-state index < -0.39 is 21.7 Å². The van der Waals surface area contributed by atoms with Gasteiger partial charge in [-0.15, -0.1) is 0 Å². The van der Waals surface area contributed by atoms with E-state index in [-0.39, 0.29) is 34.9 Å². The maximum absolute atomic E-state index is 13.9. The molecule has 0 aromatic heterocycles. The first kappa shape index (κ1) is 22.3. The second-order valence-electron chi connectivity index (χ2n) is 7.83. The number of rotatable bonds is 6. The molecule has 3 rings (SSSR count). The van der Waals surface area contributed by atoms with E-state index in [1.165, 1.54) is 22.5 Å². The van der Waals surface area contributed by atoms with E-state index in [0.717, 1.165) is 12.1 Å². The van der Waals surface area contributed by atoms with Crippen LogP contribution >= 0.6 is 0 Å². The van der Waals surface area contributed by atoms with Crippen molar-refractivity contribution < 1.29 is 17.2 Å². The van der Waals surface area contributed by atoms with Crippen molar-refractivity contribution in [3.8, 4) is 6.07 Å². The normalized spacial score (nSPS) is 20.7. The average Bonchev–Trinajstić information content (AvgIpc) is 2.75. The van der Waals surface area contributed by atoms with E-state index in [2.05, 4.69) is 0 Å². The highest BCUT2D eigenvalue weighted by atomic mass is 32.2. The van der Waals surface area contributed by atoms with Crippen molar-refractivity contribution in [2.24, 2.45) is 11.7 Å². The van der Waals surface area contributed by atoms with E-state index in [1.807, 2.05) is 6.07 Å². The fourth-order valence-corrected chi connectivity index (χ4v) is 5.56. The Labute approximate surface area is 176 Å². The minimum absolute atomic E-state index is 0.101. The number of halogens is 2. The number of sulfonamides is 1. The summed E-state index contributed by atoms with van der Waals surface area (Å²) < 4.78 is 54.5. The molecule has 30 heavy (non-hydrogen) atoms. The first-order valence-electron chi connectivity index (χ1n) is 9.90. The topological polar surface area (TPSA) is 87.2 Å². The highest BCUT2D eigenvalue weighted by molar-refractivity contribution is 7.89. The first-order chi connectivity index (χ1) is 14.2. The van der Waals surface area contributed by atoms with Crippen molar-refractivity contribution in [1.82, 2.24) is 4.31 Å². The van der Waals surface area contributed by atoms with Crippen LogP contribution in [0.2, 0.25) is 0 Å². The minimum Gasteiger partial charge on any atom is -0.327 e. The Morgan fingerprint density at radius 1 is 1.17 bits per heavy atom. The van der Waals surface area contributed by atoms with Crippen molar-refractivity contribution in [2.45, 2.75) is 49.1 Å². The summed E-state index contributed by atoms with van der Waals surface area (Å²) in [5.74, 6) is -0.845. The van der Waals surface area contributed by atoms with Crippen LogP contribution in [-0.4, -0.2) is 31.9 Å². The molecular weight excluding hydrogens is 408 g/mol. The second kappa shape index (κ2) is 9.21. The molecule has 2 aromatic rings.